The predicted octanol–water partition coefficient (Wildman–Crippen LogP) is 0.584. The van der Waals surface area contributed by atoms with Crippen molar-refractivity contribution >= 4 is 21.4 Å². The molecule has 110 valence electrons. The molecular weight excluding hydrogens is 280 g/mol. The molecule has 0 saturated carbocycles. The monoisotopic (exact) mass is 298 g/mol. The van der Waals surface area contributed by atoms with Gasteiger partial charge in [-0.05, 0) is 31.0 Å². The molecule has 20 heavy (non-hydrogen) atoms. The molecule has 0 aliphatic carbocycles. The summed E-state index contributed by atoms with van der Waals surface area (Å²) in [4.78, 5) is 12.1. The van der Waals surface area contributed by atoms with Crippen LogP contribution in [0.1, 0.15) is 23.2 Å². The number of nitrogen functional groups attached to an aromatic ring is 1. The van der Waals surface area contributed by atoms with E-state index in [1.807, 2.05) is 0 Å². The lowest BCUT2D eigenvalue weighted by Gasteiger charge is -2.23. The third-order valence-corrected chi connectivity index (χ3v) is 5.10. The largest absolute Gasteiger partial charge is 0.495 e. The van der Waals surface area contributed by atoms with Crippen LogP contribution in [0.4, 0.5) is 5.69 Å². The molecule has 0 spiro atoms. The summed E-state index contributed by atoms with van der Waals surface area (Å²) in [5.41, 5.74) is 6.60. The van der Waals surface area contributed by atoms with Gasteiger partial charge in [0.05, 0.1) is 24.3 Å². The van der Waals surface area contributed by atoms with Crippen LogP contribution in [0.3, 0.4) is 0 Å². The van der Waals surface area contributed by atoms with Crippen molar-refractivity contribution in [3.63, 3.8) is 0 Å². The van der Waals surface area contributed by atoms with Gasteiger partial charge < -0.3 is 15.8 Å². The van der Waals surface area contributed by atoms with E-state index in [1.165, 1.54) is 7.11 Å². The zero-order valence-electron chi connectivity index (χ0n) is 11.3. The van der Waals surface area contributed by atoms with Gasteiger partial charge in [0.15, 0.2) is 0 Å². The first-order valence-corrected chi connectivity index (χ1v) is 8.18. The van der Waals surface area contributed by atoms with Gasteiger partial charge in [0.1, 0.15) is 15.6 Å². The molecule has 1 saturated heterocycles. The Kier molecular flexibility index (Phi) is 4.17. The van der Waals surface area contributed by atoms with Gasteiger partial charge in [-0.25, -0.2) is 8.42 Å². The third-order valence-electron chi connectivity index (χ3n) is 3.39. The molecule has 3 N–H and O–H groups in total. The van der Waals surface area contributed by atoms with Gasteiger partial charge in [-0.3, -0.25) is 4.79 Å². The quantitative estimate of drug-likeness (QED) is 0.796. The summed E-state index contributed by atoms with van der Waals surface area (Å²) in [5, 5.41) is 2.84. The Balaban J connectivity index is 2.02. The van der Waals surface area contributed by atoms with Gasteiger partial charge >= 0.3 is 0 Å². The van der Waals surface area contributed by atoms with Crippen LogP contribution in [0.15, 0.2) is 18.2 Å². The average Bonchev–Trinajstić information content (AvgIpc) is 2.41. The number of ether oxygens (including phenoxy) is 1. The van der Waals surface area contributed by atoms with Crippen molar-refractivity contribution in [1.82, 2.24) is 5.32 Å². The normalized spacial score (nSPS) is 18.4. The molecule has 1 amide bonds. The second kappa shape index (κ2) is 5.70. The highest BCUT2D eigenvalue weighted by Crippen LogP contribution is 2.22. The summed E-state index contributed by atoms with van der Waals surface area (Å²) in [5.74, 6) is 0.461. The zero-order chi connectivity index (χ0) is 14.8. The van der Waals surface area contributed by atoms with Crippen LogP contribution in [-0.2, 0) is 9.84 Å². The first-order chi connectivity index (χ1) is 9.41. The number of benzene rings is 1. The smallest absolute Gasteiger partial charge is 0.251 e. The van der Waals surface area contributed by atoms with Gasteiger partial charge in [-0.2, -0.15) is 0 Å². The van der Waals surface area contributed by atoms with E-state index in [0.717, 1.165) is 0 Å². The number of hydrogen-bond donors (Lipinski definition) is 2. The van der Waals surface area contributed by atoms with E-state index in [0.29, 0.717) is 29.8 Å². The molecule has 7 heteroatoms. The molecule has 1 aliphatic rings. The molecule has 2 rings (SSSR count). The lowest BCUT2D eigenvalue weighted by molar-refractivity contribution is 0.0934. The van der Waals surface area contributed by atoms with Crippen LogP contribution in [0, 0.1) is 0 Å². The van der Waals surface area contributed by atoms with Crippen LogP contribution in [0.2, 0.25) is 0 Å². The molecule has 0 unspecified atom stereocenters. The number of nitrogens with two attached hydrogens (primary N) is 1. The van der Waals surface area contributed by atoms with Crippen LogP contribution in [0.5, 0.6) is 5.75 Å². The van der Waals surface area contributed by atoms with E-state index in [-0.39, 0.29) is 23.5 Å². The van der Waals surface area contributed by atoms with E-state index in [1.54, 1.807) is 18.2 Å². The Labute approximate surface area is 118 Å². The molecule has 1 aliphatic heterocycles. The Morgan fingerprint density at radius 3 is 2.60 bits per heavy atom. The number of hydrogen-bond acceptors (Lipinski definition) is 5. The van der Waals surface area contributed by atoms with Gasteiger partial charge in [0.2, 0.25) is 0 Å². The minimum Gasteiger partial charge on any atom is -0.495 e. The van der Waals surface area contributed by atoms with Crippen molar-refractivity contribution < 1.29 is 17.9 Å². The van der Waals surface area contributed by atoms with E-state index in [4.69, 9.17) is 10.5 Å². The number of rotatable bonds is 3. The predicted molar refractivity (Wildman–Crippen MR) is 76.5 cm³/mol. The maximum absolute atomic E-state index is 12.1. The molecule has 0 radical (unpaired) electrons. The number of methoxy groups -OCH3 is 1. The van der Waals surface area contributed by atoms with Gasteiger partial charge in [-0.1, -0.05) is 0 Å². The fourth-order valence-electron chi connectivity index (χ4n) is 2.16. The minimum absolute atomic E-state index is 0.102. The van der Waals surface area contributed by atoms with Crippen molar-refractivity contribution in [1.29, 1.82) is 0 Å². The van der Waals surface area contributed by atoms with Crippen LogP contribution < -0.4 is 15.8 Å². The van der Waals surface area contributed by atoms with Crippen molar-refractivity contribution in [2.75, 3.05) is 24.3 Å². The first kappa shape index (κ1) is 14.6. The highest BCUT2D eigenvalue weighted by Gasteiger charge is 2.25. The Bertz CT molecular complexity index is 599. The fourth-order valence-corrected chi connectivity index (χ4v) is 3.65. The van der Waals surface area contributed by atoms with Crippen molar-refractivity contribution in [3.8, 4) is 5.75 Å². The number of amides is 1. The summed E-state index contributed by atoms with van der Waals surface area (Å²) < 4.78 is 27.7. The van der Waals surface area contributed by atoms with E-state index < -0.39 is 9.84 Å². The van der Waals surface area contributed by atoms with Crippen molar-refractivity contribution in [2.24, 2.45) is 0 Å². The third kappa shape index (κ3) is 3.41. The molecule has 0 aromatic heterocycles. The van der Waals surface area contributed by atoms with Gasteiger partial charge in [-0.15, -0.1) is 0 Å². The summed E-state index contributed by atoms with van der Waals surface area (Å²) in [6, 6.07) is 4.70. The summed E-state index contributed by atoms with van der Waals surface area (Å²) in [7, 11) is -1.43. The Morgan fingerprint density at radius 1 is 1.35 bits per heavy atom. The summed E-state index contributed by atoms with van der Waals surface area (Å²) >= 11 is 0. The maximum atomic E-state index is 12.1. The van der Waals surface area contributed by atoms with Crippen molar-refractivity contribution in [2.45, 2.75) is 18.9 Å². The SMILES string of the molecule is COc1cc(C(=O)NC2CCS(=O)(=O)CC2)ccc1N. The molecule has 1 aromatic rings. The van der Waals surface area contributed by atoms with Crippen molar-refractivity contribution in [3.05, 3.63) is 23.8 Å². The van der Waals surface area contributed by atoms with Gasteiger partial charge in [0, 0.05) is 11.6 Å². The summed E-state index contributed by atoms with van der Waals surface area (Å²) in [6.45, 7) is 0. The molecule has 0 atom stereocenters. The first-order valence-electron chi connectivity index (χ1n) is 6.36. The molecule has 6 nitrogen and oxygen atoms in total. The molecule has 1 fully saturated rings. The number of carbonyl (C=O) groups excluding carboxylic acids is 1. The Hall–Kier alpha value is -1.76. The van der Waals surface area contributed by atoms with E-state index >= 15 is 0 Å². The highest BCUT2D eigenvalue weighted by molar-refractivity contribution is 7.91. The number of nitrogens with one attached hydrogen (secondary N) is 1. The number of sulfone groups is 1. The van der Waals surface area contributed by atoms with E-state index in [2.05, 4.69) is 5.32 Å². The molecule has 0 bridgehead atoms. The lowest BCUT2D eigenvalue weighted by Crippen LogP contribution is -2.40. The van der Waals surface area contributed by atoms with Crippen LogP contribution >= 0.6 is 0 Å². The number of anilines is 1. The standard InChI is InChI=1S/C13H18N2O4S/c1-19-12-8-9(2-3-11(12)14)13(16)15-10-4-6-20(17,18)7-5-10/h2-3,8,10H,4-7,14H2,1H3,(H,15,16). The topological polar surface area (TPSA) is 98.5 Å². The second-order valence-electron chi connectivity index (χ2n) is 4.86. The van der Waals surface area contributed by atoms with Crippen LogP contribution in [-0.4, -0.2) is 39.0 Å². The zero-order valence-corrected chi connectivity index (χ0v) is 12.1. The lowest BCUT2D eigenvalue weighted by atomic mass is 10.1. The highest BCUT2D eigenvalue weighted by atomic mass is 32.2. The molecule has 1 aromatic carbocycles. The summed E-state index contributed by atoms with van der Waals surface area (Å²) in [6.07, 6.45) is 0.917. The Morgan fingerprint density at radius 2 is 2.00 bits per heavy atom. The maximum Gasteiger partial charge on any atom is 0.251 e. The average molecular weight is 298 g/mol. The van der Waals surface area contributed by atoms with Gasteiger partial charge in [0.25, 0.3) is 5.91 Å². The second-order valence-corrected chi connectivity index (χ2v) is 7.16. The van der Waals surface area contributed by atoms with Crippen LogP contribution in [0.25, 0.3) is 0 Å². The minimum atomic E-state index is -2.92. The fraction of sp³-hybridized carbons (Fsp3) is 0.462. The number of carbonyl (C=O) groups is 1. The molecule has 1 heterocycles. The van der Waals surface area contributed by atoms with E-state index in [9.17, 15) is 13.2 Å². The molecular formula is C13H18N2O4S.